The first-order chi connectivity index (χ1) is 9.66. The van der Waals surface area contributed by atoms with Gasteiger partial charge in [0.2, 0.25) is 10.0 Å². The van der Waals surface area contributed by atoms with Gasteiger partial charge in [-0.2, -0.15) is 4.31 Å². The lowest BCUT2D eigenvalue weighted by Gasteiger charge is -2.26. The molecular weight excluding hydrogens is 321 g/mol. The highest BCUT2D eigenvalue weighted by molar-refractivity contribution is 7.89. The molecule has 1 aromatic rings. The normalized spacial score (nSPS) is 12.1. The number of nitrogens with zero attached hydrogens (tertiary/aromatic N) is 1. The summed E-state index contributed by atoms with van der Waals surface area (Å²) < 4.78 is 39.5. The fourth-order valence-electron chi connectivity index (χ4n) is 1.84. The Morgan fingerprint density at radius 2 is 2.05 bits per heavy atom. The second kappa shape index (κ2) is 7.20. The molecule has 1 aromatic carbocycles. The van der Waals surface area contributed by atoms with Gasteiger partial charge in [0, 0.05) is 19.0 Å². The highest BCUT2D eigenvalue weighted by atomic mass is 35.5. The van der Waals surface area contributed by atoms with Crippen molar-refractivity contribution in [1.82, 2.24) is 4.31 Å². The maximum atomic E-state index is 13.3. The SMILES string of the molecule is CC(C)N(CCCC(=O)O)S(=O)(=O)c1cc(F)ccc1Cl. The third-order valence-electron chi connectivity index (χ3n) is 2.82. The zero-order chi connectivity index (χ0) is 16.2. The number of carbonyl (C=O) groups is 1. The van der Waals surface area contributed by atoms with E-state index >= 15 is 0 Å². The van der Waals surface area contributed by atoms with E-state index in [0.717, 1.165) is 16.4 Å². The van der Waals surface area contributed by atoms with Crippen molar-refractivity contribution in [2.24, 2.45) is 0 Å². The summed E-state index contributed by atoms with van der Waals surface area (Å²) in [4.78, 5) is 10.2. The van der Waals surface area contributed by atoms with Crippen LogP contribution in [-0.2, 0) is 14.8 Å². The summed E-state index contributed by atoms with van der Waals surface area (Å²) in [5.41, 5.74) is 0. The highest BCUT2D eigenvalue weighted by Gasteiger charge is 2.29. The lowest BCUT2D eigenvalue weighted by molar-refractivity contribution is -0.137. The van der Waals surface area contributed by atoms with Crippen LogP contribution in [0.4, 0.5) is 4.39 Å². The van der Waals surface area contributed by atoms with Crippen molar-refractivity contribution in [1.29, 1.82) is 0 Å². The van der Waals surface area contributed by atoms with Crippen molar-refractivity contribution in [2.45, 2.75) is 37.6 Å². The molecule has 5 nitrogen and oxygen atoms in total. The van der Waals surface area contributed by atoms with E-state index in [1.165, 1.54) is 6.07 Å². The minimum absolute atomic E-state index is 0.0269. The van der Waals surface area contributed by atoms with E-state index in [1.54, 1.807) is 13.8 Å². The molecule has 0 bridgehead atoms. The molecule has 0 heterocycles. The number of benzene rings is 1. The zero-order valence-electron chi connectivity index (χ0n) is 11.7. The molecule has 0 radical (unpaired) electrons. The largest absolute Gasteiger partial charge is 0.481 e. The molecule has 8 heteroatoms. The van der Waals surface area contributed by atoms with Crippen LogP contribution in [0.5, 0.6) is 0 Å². The van der Waals surface area contributed by atoms with E-state index in [9.17, 15) is 17.6 Å². The first-order valence-corrected chi connectivity index (χ1v) is 8.16. The van der Waals surface area contributed by atoms with Crippen molar-refractivity contribution in [2.75, 3.05) is 6.54 Å². The third kappa shape index (κ3) is 4.66. The number of carboxylic acids is 1. The quantitative estimate of drug-likeness (QED) is 0.830. The predicted octanol–water partition coefficient (Wildman–Crippen LogP) is 2.74. The van der Waals surface area contributed by atoms with Crippen molar-refractivity contribution in [3.63, 3.8) is 0 Å². The molecule has 0 aliphatic rings. The summed E-state index contributed by atoms with van der Waals surface area (Å²) in [5.74, 6) is -1.70. The molecule has 0 unspecified atom stereocenters. The molecule has 0 fully saturated rings. The monoisotopic (exact) mass is 337 g/mol. The van der Waals surface area contributed by atoms with Gasteiger partial charge in [-0.25, -0.2) is 12.8 Å². The van der Waals surface area contributed by atoms with Gasteiger partial charge in [-0.15, -0.1) is 0 Å². The minimum atomic E-state index is -3.98. The Kier molecular flexibility index (Phi) is 6.12. The van der Waals surface area contributed by atoms with Crippen molar-refractivity contribution in [3.8, 4) is 0 Å². The standard InChI is InChI=1S/C13H17ClFNO4S/c1-9(2)16(7-3-4-13(17)18)21(19,20)12-8-10(15)5-6-11(12)14/h5-6,8-9H,3-4,7H2,1-2H3,(H,17,18). The molecular formula is C13H17ClFNO4S. The van der Waals surface area contributed by atoms with E-state index in [2.05, 4.69) is 0 Å². The van der Waals surface area contributed by atoms with E-state index in [-0.39, 0.29) is 29.3 Å². The molecule has 21 heavy (non-hydrogen) atoms. The topological polar surface area (TPSA) is 74.7 Å². The van der Waals surface area contributed by atoms with Crippen LogP contribution >= 0.6 is 11.6 Å². The zero-order valence-corrected chi connectivity index (χ0v) is 13.3. The lowest BCUT2D eigenvalue weighted by atomic mass is 10.3. The Labute approximate surface area is 128 Å². The number of hydrogen-bond acceptors (Lipinski definition) is 3. The molecule has 0 saturated carbocycles. The fourth-order valence-corrected chi connectivity index (χ4v) is 4.01. The van der Waals surface area contributed by atoms with Crippen LogP contribution in [0.25, 0.3) is 0 Å². The smallest absolute Gasteiger partial charge is 0.303 e. The average molecular weight is 338 g/mol. The van der Waals surface area contributed by atoms with Crippen molar-refractivity contribution in [3.05, 3.63) is 29.0 Å². The van der Waals surface area contributed by atoms with Crippen LogP contribution in [0, 0.1) is 5.82 Å². The molecule has 0 atom stereocenters. The van der Waals surface area contributed by atoms with Crippen LogP contribution in [-0.4, -0.2) is 36.4 Å². The number of rotatable bonds is 7. The molecule has 0 aliphatic heterocycles. The Balaban J connectivity index is 3.10. The van der Waals surface area contributed by atoms with E-state index in [4.69, 9.17) is 16.7 Å². The fraction of sp³-hybridized carbons (Fsp3) is 0.462. The van der Waals surface area contributed by atoms with Gasteiger partial charge in [0.25, 0.3) is 0 Å². The van der Waals surface area contributed by atoms with Gasteiger partial charge in [0.05, 0.1) is 5.02 Å². The molecule has 0 saturated heterocycles. The maximum absolute atomic E-state index is 13.3. The molecule has 0 aliphatic carbocycles. The van der Waals surface area contributed by atoms with Crippen LogP contribution in [0.2, 0.25) is 5.02 Å². The van der Waals surface area contributed by atoms with Gasteiger partial charge >= 0.3 is 5.97 Å². The first kappa shape index (κ1) is 17.9. The second-order valence-electron chi connectivity index (χ2n) is 4.78. The highest BCUT2D eigenvalue weighted by Crippen LogP contribution is 2.27. The maximum Gasteiger partial charge on any atom is 0.303 e. The molecule has 1 N–H and O–H groups in total. The van der Waals surface area contributed by atoms with E-state index < -0.39 is 27.9 Å². The Bertz CT molecular complexity index is 619. The molecule has 0 spiro atoms. The summed E-state index contributed by atoms with van der Waals surface area (Å²) in [5, 5.41) is 8.56. The Hall–Kier alpha value is -1.18. The minimum Gasteiger partial charge on any atom is -0.481 e. The summed E-state index contributed by atoms with van der Waals surface area (Å²) in [6.07, 6.45) is 0.0231. The van der Waals surface area contributed by atoms with Gasteiger partial charge in [-0.05, 0) is 38.5 Å². The van der Waals surface area contributed by atoms with Crippen LogP contribution in [0.1, 0.15) is 26.7 Å². The third-order valence-corrected chi connectivity index (χ3v) is 5.38. The van der Waals surface area contributed by atoms with Gasteiger partial charge in [0.1, 0.15) is 10.7 Å². The predicted molar refractivity (Wildman–Crippen MR) is 77.3 cm³/mol. The molecule has 1 rings (SSSR count). The first-order valence-electron chi connectivity index (χ1n) is 6.35. The van der Waals surface area contributed by atoms with Gasteiger partial charge in [-0.1, -0.05) is 11.6 Å². The summed E-state index contributed by atoms with van der Waals surface area (Å²) >= 11 is 5.85. The summed E-state index contributed by atoms with van der Waals surface area (Å²) in [7, 11) is -3.98. The van der Waals surface area contributed by atoms with Crippen LogP contribution in [0.15, 0.2) is 23.1 Å². The molecule has 0 amide bonds. The van der Waals surface area contributed by atoms with Crippen molar-refractivity contribution >= 4 is 27.6 Å². The van der Waals surface area contributed by atoms with Crippen LogP contribution in [0.3, 0.4) is 0 Å². The molecule has 0 aromatic heterocycles. The summed E-state index contributed by atoms with van der Waals surface area (Å²) in [6.45, 7) is 3.34. The average Bonchev–Trinajstić information content (AvgIpc) is 2.36. The lowest BCUT2D eigenvalue weighted by Crippen LogP contribution is -2.38. The number of carboxylic acid groups (broad SMARTS) is 1. The van der Waals surface area contributed by atoms with Crippen LogP contribution < -0.4 is 0 Å². The Morgan fingerprint density at radius 3 is 2.57 bits per heavy atom. The second-order valence-corrected chi connectivity index (χ2v) is 7.05. The molecule has 118 valence electrons. The van der Waals surface area contributed by atoms with Gasteiger partial charge in [-0.3, -0.25) is 4.79 Å². The van der Waals surface area contributed by atoms with Gasteiger partial charge < -0.3 is 5.11 Å². The van der Waals surface area contributed by atoms with E-state index in [1.807, 2.05) is 0 Å². The van der Waals surface area contributed by atoms with Crippen molar-refractivity contribution < 1.29 is 22.7 Å². The van der Waals surface area contributed by atoms with Gasteiger partial charge in [0.15, 0.2) is 0 Å². The Morgan fingerprint density at radius 1 is 1.43 bits per heavy atom. The number of halogens is 2. The number of aliphatic carboxylic acids is 1. The van der Waals surface area contributed by atoms with E-state index in [0.29, 0.717) is 0 Å². The summed E-state index contributed by atoms with van der Waals surface area (Å²) in [6, 6.07) is 2.72. The number of sulfonamides is 1. The number of hydrogen-bond donors (Lipinski definition) is 1.